The molecule has 0 aliphatic heterocycles. The van der Waals surface area contributed by atoms with Crippen molar-refractivity contribution < 1.29 is 9.47 Å². The van der Waals surface area contributed by atoms with Crippen LogP contribution in [-0.2, 0) is 9.47 Å². The molecule has 1 unspecified atom stereocenters. The standard InChI is InChI=1S/C11H25NO2S/c1-4-13-11(14-5-2)7-9-15-10(3)6-8-12/h10-11H,4-9,12H2,1-3H3. The minimum absolute atomic E-state index is 0.0300. The predicted molar refractivity (Wildman–Crippen MR) is 67.2 cm³/mol. The molecular formula is C11H25NO2S. The second kappa shape index (κ2) is 10.7. The zero-order chi connectivity index (χ0) is 11.5. The molecular weight excluding hydrogens is 210 g/mol. The minimum Gasteiger partial charge on any atom is -0.353 e. The zero-order valence-corrected chi connectivity index (χ0v) is 11.0. The Labute approximate surface area is 98.1 Å². The first kappa shape index (κ1) is 15.2. The van der Waals surface area contributed by atoms with E-state index in [-0.39, 0.29) is 6.29 Å². The van der Waals surface area contributed by atoms with Gasteiger partial charge in [-0.2, -0.15) is 11.8 Å². The lowest BCUT2D eigenvalue weighted by Crippen LogP contribution is -2.18. The second-order valence-corrected chi connectivity index (χ2v) is 4.93. The van der Waals surface area contributed by atoms with Gasteiger partial charge in [0.1, 0.15) is 0 Å². The molecule has 0 heterocycles. The molecule has 15 heavy (non-hydrogen) atoms. The Hall–Kier alpha value is 0.230. The molecule has 0 spiro atoms. The van der Waals surface area contributed by atoms with Gasteiger partial charge in [0.25, 0.3) is 0 Å². The van der Waals surface area contributed by atoms with E-state index in [1.165, 1.54) is 0 Å². The molecule has 2 N–H and O–H groups in total. The summed E-state index contributed by atoms with van der Waals surface area (Å²) in [7, 11) is 0. The van der Waals surface area contributed by atoms with Crippen LogP contribution < -0.4 is 5.73 Å². The first-order valence-corrected chi connectivity index (χ1v) is 6.84. The first-order valence-electron chi connectivity index (χ1n) is 5.79. The van der Waals surface area contributed by atoms with Crippen LogP contribution >= 0.6 is 11.8 Å². The van der Waals surface area contributed by atoms with Crippen LogP contribution in [0.2, 0.25) is 0 Å². The third kappa shape index (κ3) is 9.18. The Balaban J connectivity index is 3.51. The topological polar surface area (TPSA) is 44.5 Å². The molecule has 0 rings (SSSR count). The first-order chi connectivity index (χ1) is 7.24. The number of ether oxygens (including phenoxy) is 2. The van der Waals surface area contributed by atoms with Gasteiger partial charge < -0.3 is 15.2 Å². The Morgan fingerprint density at radius 3 is 2.20 bits per heavy atom. The summed E-state index contributed by atoms with van der Waals surface area (Å²) in [4.78, 5) is 0. The van der Waals surface area contributed by atoms with Gasteiger partial charge in [-0.05, 0) is 32.6 Å². The number of rotatable bonds is 10. The van der Waals surface area contributed by atoms with Crippen molar-refractivity contribution in [1.29, 1.82) is 0 Å². The van der Waals surface area contributed by atoms with E-state index in [4.69, 9.17) is 15.2 Å². The monoisotopic (exact) mass is 235 g/mol. The summed E-state index contributed by atoms with van der Waals surface area (Å²) in [6, 6.07) is 0. The lowest BCUT2D eigenvalue weighted by molar-refractivity contribution is -0.136. The van der Waals surface area contributed by atoms with Crippen LogP contribution in [-0.4, -0.2) is 37.1 Å². The smallest absolute Gasteiger partial charge is 0.158 e. The molecule has 3 nitrogen and oxygen atoms in total. The van der Waals surface area contributed by atoms with E-state index < -0.39 is 0 Å². The molecule has 0 aliphatic carbocycles. The van der Waals surface area contributed by atoms with Crippen molar-refractivity contribution in [3.63, 3.8) is 0 Å². The SMILES string of the molecule is CCOC(CCSC(C)CCN)OCC. The molecule has 0 bridgehead atoms. The number of thioether (sulfide) groups is 1. The average molecular weight is 235 g/mol. The fraction of sp³-hybridized carbons (Fsp3) is 1.00. The van der Waals surface area contributed by atoms with Gasteiger partial charge in [0.2, 0.25) is 0 Å². The van der Waals surface area contributed by atoms with E-state index in [0.717, 1.165) is 25.1 Å². The summed E-state index contributed by atoms with van der Waals surface area (Å²) in [6.45, 7) is 8.41. The van der Waals surface area contributed by atoms with E-state index in [0.29, 0.717) is 18.5 Å². The molecule has 0 aliphatic rings. The Bertz CT molecular complexity index is 130. The van der Waals surface area contributed by atoms with Gasteiger partial charge in [0.05, 0.1) is 0 Å². The van der Waals surface area contributed by atoms with Gasteiger partial charge in [-0.15, -0.1) is 0 Å². The summed E-state index contributed by atoms with van der Waals surface area (Å²) in [6.07, 6.45) is 2.01. The molecule has 0 aromatic carbocycles. The predicted octanol–water partition coefficient (Wildman–Crippen LogP) is 2.25. The van der Waals surface area contributed by atoms with Crippen LogP contribution in [0.25, 0.3) is 0 Å². The van der Waals surface area contributed by atoms with Crippen molar-refractivity contribution in [3.05, 3.63) is 0 Å². The van der Waals surface area contributed by atoms with Crippen LogP contribution in [0.1, 0.15) is 33.6 Å². The number of hydrogen-bond donors (Lipinski definition) is 1. The summed E-state index contributed by atoms with van der Waals surface area (Å²) < 4.78 is 10.9. The van der Waals surface area contributed by atoms with Crippen LogP contribution in [0.4, 0.5) is 0 Å². The maximum atomic E-state index is 5.49. The molecule has 0 radical (unpaired) electrons. The zero-order valence-electron chi connectivity index (χ0n) is 10.2. The van der Waals surface area contributed by atoms with Crippen LogP contribution in [0.5, 0.6) is 0 Å². The van der Waals surface area contributed by atoms with Crippen LogP contribution in [0.3, 0.4) is 0 Å². The van der Waals surface area contributed by atoms with Gasteiger partial charge in [-0.3, -0.25) is 0 Å². The van der Waals surface area contributed by atoms with Crippen LogP contribution in [0.15, 0.2) is 0 Å². The maximum absolute atomic E-state index is 5.49. The second-order valence-electron chi connectivity index (χ2n) is 3.39. The highest BCUT2D eigenvalue weighted by Gasteiger charge is 2.08. The molecule has 92 valence electrons. The van der Waals surface area contributed by atoms with E-state index in [9.17, 15) is 0 Å². The van der Waals surface area contributed by atoms with Crippen molar-refractivity contribution in [2.75, 3.05) is 25.5 Å². The third-order valence-corrected chi connectivity index (χ3v) is 3.31. The van der Waals surface area contributed by atoms with Gasteiger partial charge in [0.15, 0.2) is 6.29 Å². The molecule has 4 heteroatoms. The quantitative estimate of drug-likeness (QED) is 0.590. The Morgan fingerprint density at radius 2 is 1.73 bits per heavy atom. The normalized spacial score (nSPS) is 13.4. The van der Waals surface area contributed by atoms with E-state index in [1.807, 2.05) is 25.6 Å². The van der Waals surface area contributed by atoms with Crippen LogP contribution in [0, 0.1) is 0 Å². The van der Waals surface area contributed by atoms with E-state index in [2.05, 4.69) is 6.92 Å². The summed E-state index contributed by atoms with van der Waals surface area (Å²) in [5.74, 6) is 1.08. The van der Waals surface area contributed by atoms with Crippen molar-refractivity contribution >= 4 is 11.8 Å². The number of nitrogens with two attached hydrogens (primary N) is 1. The largest absolute Gasteiger partial charge is 0.353 e. The van der Waals surface area contributed by atoms with E-state index in [1.54, 1.807) is 0 Å². The highest BCUT2D eigenvalue weighted by Crippen LogP contribution is 2.16. The molecule has 1 atom stereocenters. The average Bonchev–Trinajstić information content (AvgIpc) is 2.19. The minimum atomic E-state index is -0.0300. The van der Waals surface area contributed by atoms with Crippen molar-refractivity contribution in [3.8, 4) is 0 Å². The summed E-state index contributed by atoms with van der Waals surface area (Å²) >= 11 is 1.94. The maximum Gasteiger partial charge on any atom is 0.158 e. The molecule has 0 fully saturated rings. The number of hydrogen-bond acceptors (Lipinski definition) is 4. The summed E-state index contributed by atoms with van der Waals surface area (Å²) in [5.41, 5.74) is 5.49. The Kier molecular flexibility index (Phi) is 10.9. The van der Waals surface area contributed by atoms with Crippen molar-refractivity contribution in [2.24, 2.45) is 5.73 Å². The molecule has 0 aromatic rings. The fourth-order valence-corrected chi connectivity index (χ4v) is 2.30. The molecule has 0 amide bonds. The fourth-order valence-electron chi connectivity index (χ4n) is 1.27. The van der Waals surface area contributed by atoms with Crippen molar-refractivity contribution in [2.45, 2.75) is 45.2 Å². The van der Waals surface area contributed by atoms with Gasteiger partial charge in [0, 0.05) is 24.9 Å². The lowest BCUT2D eigenvalue weighted by Gasteiger charge is -2.17. The van der Waals surface area contributed by atoms with Gasteiger partial charge in [-0.25, -0.2) is 0 Å². The Morgan fingerprint density at radius 1 is 1.13 bits per heavy atom. The van der Waals surface area contributed by atoms with Gasteiger partial charge in [-0.1, -0.05) is 6.92 Å². The van der Waals surface area contributed by atoms with Crippen molar-refractivity contribution in [1.82, 2.24) is 0 Å². The summed E-state index contributed by atoms with van der Waals surface area (Å²) in [5, 5.41) is 0.638. The molecule has 0 saturated carbocycles. The molecule has 0 aromatic heterocycles. The van der Waals surface area contributed by atoms with Gasteiger partial charge >= 0.3 is 0 Å². The highest BCUT2D eigenvalue weighted by atomic mass is 32.2. The van der Waals surface area contributed by atoms with E-state index >= 15 is 0 Å². The highest BCUT2D eigenvalue weighted by molar-refractivity contribution is 7.99. The molecule has 0 saturated heterocycles. The third-order valence-electron chi connectivity index (χ3n) is 2.03. The lowest BCUT2D eigenvalue weighted by atomic mass is 10.3.